The van der Waals surface area contributed by atoms with Crippen LogP contribution in [0.5, 0.6) is 5.75 Å². The Morgan fingerprint density at radius 1 is 1.18 bits per heavy atom. The van der Waals surface area contributed by atoms with Gasteiger partial charge in [-0.25, -0.2) is 4.39 Å². The van der Waals surface area contributed by atoms with Crippen LogP contribution in [0.1, 0.15) is 25.8 Å². The van der Waals surface area contributed by atoms with Crippen molar-refractivity contribution in [1.29, 1.82) is 0 Å². The molecule has 2 rings (SSSR count). The fourth-order valence-corrected chi connectivity index (χ4v) is 2.67. The Morgan fingerprint density at radius 3 is 2.50 bits per heavy atom. The van der Waals surface area contributed by atoms with E-state index in [0.717, 1.165) is 6.42 Å². The number of ether oxygens (including phenoxy) is 1. The molecule has 1 atom stereocenters. The van der Waals surface area contributed by atoms with Gasteiger partial charge in [-0.1, -0.05) is 36.7 Å². The van der Waals surface area contributed by atoms with Crippen LogP contribution >= 0.6 is 11.6 Å². The molecule has 2 amide bonds. The lowest BCUT2D eigenvalue weighted by atomic mass is 10.1. The van der Waals surface area contributed by atoms with Gasteiger partial charge in [0.15, 0.2) is 6.61 Å². The van der Waals surface area contributed by atoms with Crippen molar-refractivity contribution in [1.82, 2.24) is 10.2 Å². The number of hydrogen-bond donors (Lipinski definition) is 1. The van der Waals surface area contributed by atoms with Crippen molar-refractivity contribution in [2.24, 2.45) is 0 Å². The zero-order valence-electron chi connectivity index (χ0n) is 16.0. The van der Waals surface area contributed by atoms with Crippen LogP contribution in [-0.4, -0.2) is 35.9 Å². The number of carbonyl (C=O) groups excluding carboxylic acids is 2. The maximum Gasteiger partial charge on any atom is 0.261 e. The van der Waals surface area contributed by atoms with Crippen LogP contribution in [0.15, 0.2) is 48.5 Å². The first-order chi connectivity index (χ1) is 13.4. The van der Waals surface area contributed by atoms with Crippen LogP contribution in [-0.2, 0) is 16.1 Å². The second-order valence-corrected chi connectivity index (χ2v) is 6.76. The smallest absolute Gasteiger partial charge is 0.261 e. The zero-order chi connectivity index (χ0) is 20.5. The van der Waals surface area contributed by atoms with Gasteiger partial charge < -0.3 is 15.0 Å². The van der Waals surface area contributed by atoms with E-state index in [9.17, 15) is 14.0 Å². The number of halogens is 2. The molecule has 0 heterocycles. The van der Waals surface area contributed by atoms with Gasteiger partial charge in [-0.05, 0) is 43.7 Å². The predicted octanol–water partition coefficient (Wildman–Crippen LogP) is 3.80. The maximum atomic E-state index is 14.1. The molecule has 0 aliphatic carbocycles. The average Bonchev–Trinajstić information content (AvgIpc) is 2.70. The SMILES string of the molecule is CCCNC(=O)[C@H](C)N(Cc1ccccc1F)C(=O)COc1ccc(Cl)cc1. The number of amides is 2. The fourth-order valence-electron chi connectivity index (χ4n) is 2.55. The molecule has 0 aliphatic rings. The number of hydrogen-bond acceptors (Lipinski definition) is 3. The van der Waals surface area contributed by atoms with Crippen LogP contribution in [0.4, 0.5) is 4.39 Å². The van der Waals surface area contributed by atoms with Crippen LogP contribution in [0.25, 0.3) is 0 Å². The average molecular weight is 407 g/mol. The third kappa shape index (κ3) is 6.23. The molecule has 0 unspecified atom stereocenters. The summed E-state index contributed by atoms with van der Waals surface area (Å²) in [6.45, 7) is 3.75. The molecule has 0 saturated heterocycles. The maximum absolute atomic E-state index is 14.1. The minimum atomic E-state index is -0.771. The van der Waals surface area contributed by atoms with Crippen molar-refractivity contribution in [2.75, 3.05) is 13.2 Å². The second kappa shape index (κ2) is 10.7. The van der Waals surface area contributed by atoms with Gasteiger partial charge in [-0.15, -0.1) is 0 Å². The molecule has 0 saturated carbocycles. The molecule has 2 aromatic carbocycles. The predicted molar refractivity (Wildman–Crippen MR) is 107 cm³/mol. The lowest BCUT2D eigenvalue weighted by Gasteiger charge is -2.28. The summed E-state index contributed by atoms with van der Waals surface area (Å²) in [5.74, 6) is -0.665. The Morgan fingerprint density at radius 2 is 1.86 bits per heavy atom. The molecule has 2 aromatic rings. The van der Waals surface area contributed by atoms with E-state index in [1.54, 1.807) is 49.4 Å². The molecule has 0 fully saturated rings. The summed E-state index contributed by atoms with van der Waals surface area (Å²) in [6.07, 6.45) is 0.777. The van der Waals surface area contributed by atoms with E-state index in [1.807, 2.05) is 6.92 Å². The Bertz CT molecular complexity index is 798. The van der Waals surface area contributed by atoms with Gasteiger partial charge in [0.25, 0.3) is 5.91 Å². The lowest BCUT2D eigenvalue weighted by Crippen LogP contribution is -2.49. The van der Waals surface area contributed by atoms with E-state index < -0.39 is 17.8 Å². The van der Waals surface area contributed by atoms with Gasteiger partial charge in [0.2, 0.25) is 5.91 Å². The topological polar surface area (TPSA) is 58.6 Å². The highest BCUT2D eigenvalue weighted by atomic mass is 35.5. The lowest BCUT2D eigenvalue weighted by molar-refractivity contribution is -0.142. The summed E-state index contributed by atoms with van der Waals surface area (Å²) in [5, 5.41) is 3.32. The highest BCUT2D eigenvalue weighted by molar-refractivity contribution is 6.30. The van der Waals surface area contributed by atoms with Crippen molar-refractivity contribution in [3.8, 4) is 5.75 Å². The minimum absolute atomic E-state index is 0.0316. The Kier molecular flexibility index (Phi) is 8.26. The molecule has 28 heavy (non-hydrogen) atoms. The van der Waals surface area contributed by atoms with Crippen LogP contribution in [0, 0.1) is 5.82 Å². The molecule has 150 valence electrons. The van der Waals surface area contributed by atoms with Gasteiger partial charge in [0.05, 0.1) is 0 Å². The van der Waals surface area contributed by atoms with Crippen molar-refractivity contribution < 1.29 is 18.7 Å². The largest absolute Gasteiger partial charge is 0.484 e. The minimum Gasteiger partial charge on any atom is -0.484 e. The summed E-state index contributed by atoms with van der Waals surface area (Å²) in [5.41, 5.74) is 0.331. The summed E-state index contributed by atoms with van der Waals surface area (Å²) in [7, 11) is 0. The monoisotopic (exact) mass is 406 g/mol. The summed E-state index contributed by atoms with van der Waals surface area (Å²) in [4.78, 5) is 26.5. The second-order valence-electron chi connectivity index (χ2n) is 6.32. The molecular formula is C21H24ClFN2O3. The summed E-state index contributed by atoms with van der Waals surface area (Å²) >= 11 is 5.84. The van der Waals surface area contributed by atoms with Crippen LogP contribution < -0.4 is 10.1 Å². The first-order valence-electron chi connectivity index (χ1n) is 9.11. The van der Waals surface area contributed by atoms with E-state index in [2.05, 4.69) is 5.32 Å². The normalized spacial score (nSPS) is 11.6. The Balaban J connectivity index is 2.13. The number of rotatable bonds is 9. The molecule has 0 radical (unpaired) electrons. The molecular weight excluding hydrogens is 383 g/mol. The highest BCUT2D eigenvalue weighted by Gasteiger charge is 2.27. The van der Waals surface area contributed by atoms with Crippen molar-refractivity contribution in [3.63, 3.8) is 0 Å². The first-order valence-corrected chi connectivity index (χ1v) is 9.49. The molecule has 0 spiro atoms. The third-order valence-electron chi connectivity index (χ3n) is 4.19. The van der Waals surface area contributed by atoms with Gasteiger partial charge >= 0.3 is 0 Å². The molecule has 7 heteroatoms. The van der Waals surface area contributed by atoms with Gasteiger partial charge in [0, 0.05) is 23.7 Å². The fraction of sp³-hybridized carbons (Fsp3) is 0.333. The van der Waals surface area contributed by atoms with Gasteiger partial charge in [0.1, 0.15) is 17.6 Å². The van der Waals surface area contributed by atoms with Crippen molar-refractivity contribution in [3.05, 3.63) is 64.9 Å². The van der Waals surface area contributed by atoms with Crippen LogP contribution in [0.2, 0.25) is 5.02 Å². The molecule has 0 aromatic heterocycles. The van der Waals surface area contributed by atoms with Gasteiger partial charge in [-0.3, -0.25) is 9.59 Å². The standard InChI is InChI=1S/C21H24ClFN2O3/c1-3-12-24-21(27)15(2)25(13-16-6-4-5-7-19(16)23)20(26)14-28-18-10-8-17(22)9-11-18/h4-11,15H,3,12-14H2,1-2H3,(H,24,27)/t15-/m0/s1. The van der Waals surface area contributed by atoms with Crippen molar-refractivity contribution in [2.45, 2.75) is 32.9 Å². The van der Waals surface area contributed by atoms with E-state index >= 15 is 0 Å². The summed E-state index contributed by atoms with van der Waals surface area (Å²) < 4.78 is 19.6. The van der Waals surface area contributed by atoms with E-state index in [1.165, 1.54) is 11.0 Å². The Labute approximate surface area is 169 Å². The van der Waals surface area contributed by atoms with E-state index in [4.69, 9.17) is 16.3 Å². The molecule has 0 bridgehead atoms. The quantitative estimate of drug-likeness (QED) is 0.689. The zero-order valence-corrected chi connectivity index (χ0v) is 16.7. The van der Waals surface area contributed by atoms with E-state index in [-0.39, 0.29) is 19.1 Å². The van der Waals surface area contributed by atoms with Crippen LogP contribution in [0.3, 0.4) is 0 Å². The highest BCUT2D eigenvalue weighted by Crippen LogP contribution is 2.17. The first kappa shape index (κ1) is 21.7. The Hall–Kier alpha value is -2.60. The number of nitrogens with zero attached hydrogens (tertiary/aromatic N) is 1. The molecule has 5 nitrogen and oxygen atoms in total. The molecule has 0 aliphatic heterocycles. The van der Waals surface area contributed by atoms with Gasteiger partial charge in [-0.2, -0.15) is 0 Å². The third-order valence-corrected chi connectivity index (χ3v) is 4.44. The number of carbonyl (C=O) groups is 2. The number of benzene rings is 2. The van der Waals surface area contributed by atoms with E-state index in [0.29, 0.717) is 22.9 Å². The summed E-state index contributed by atoms with van der Waals surface area (Å²) in [6, 6.07) is 12.0. The van der Waals surface area contributed by atoms with Crippen molar-refractivity contribution >= 4 is 23.4 Å². The molecule has 1 N–H and O–H groups in total. The number of nitrogens with one attached hydrogen (secondary N) is 1.